The van der Waals surface area contributed by atoms with Crippen LogP contribution in [0, 0.1) is 19.3 Å². The van der Waals surface area contributed by atoms with E-state index < -0.39 is 0 Å². The quantitative estimate of drug-likeness (QED) is 0.850. The molecule has 0 aliphatic heterocycles. The summed E-state index contributed by atoms with van der Waals surface area (Å²) in [4.78, 5) is 13.9. The molecule has 0 radical (unpaired) electrons. The summed E-state index contributed by atoms with van der Waals surface area (Å²) in [6.07, 6.45) is 2.45. The van der Waals surface area contributed by atoms with Crippen LogP contribution in [0.4, 0.5) is 0 Å². The zero-order valence-electron chi connectivity index (χ0n) is 9.60. The first-order valence-corrected chi connectivity index (χ1v) is 7.41. The Labute approximate surface area is 109 Å². The smallest absolute Gasteiger partial charge is 0.261 e. The van der Waals surface area contributed by atoms with Gasteiger partial charge in [0.2, 0.25) is 0 Å². The molecule has 0 spiro atoms. The van der Waals surface area contributed by atoms with Gasteiger partial charge in [0, 0.05) is 16.8 Å². The van der Waals surface area contributed by atoms with Gasteiger partial charge in [-0.2, -0.15) is 0 Å². The van der Waals surface area contributed by atoms with Gasteiger partial charge in [-0.15, -0.1) is 11.3 Å². The molecule has 1 N–H and O–H groups in total. The van der Waals surface area contributed by atoms with E-state index in [2.05, 4.69) is 28.2 Å². The summed E-state index contributed by atoms with van der Waals surface area (Å²) in [5.41, 5.74) is 1.55. The molecule has 1 saturated carbocycles. The molecule has 0 atom stereocenters. The Morgan fingerprint density at radius 2 is 2.25 bits per heavy atom. The second kappa shape index (κ2) is 4.49. The average molecular weight is 302 g/mol. The normalized spacial score (nSPS) is 17.2. The summed E-state index contributed by atoms with van der Waals surface area (Å²) in [5, 5.41) is 4.02. The van der Waals surface area contributed by atoms with Gasteiger partial charge >= 0.3 is 0 Å². The number of rotatable bonds is 4. The van der Waals surface area contributed by atoms with Gasteiger partial charge in [-0.05, 0) is 43.7 Å². The van der Waals surface area contributed by atoms with Crippen molar-refractivity contribution in [2.75, 3.05) is 11.9 Å². The molecule has 1 amide bonds. The molecule has 1 aromatic heterocycles. The first-order chi connectivity index (χ1) is 7.56. The van der Waals surface area contributed by atoms with Crippen LogP contribution in [0.25, 0.3) is 0 Å². The van der Waals surface area contributed by atoms with Gasteiger partial charge < -0.3 is 5.32 Å². The van der Waals surface area contributed by atoms with E-state index >= 15 is 0 Å². The second-order valence-corrected chi connectivity index (χ2v) is 6.48. The molecule has 0 saturated heterocycles. The van der Waals surface area contributed by atoms with Gasteiger partial charge in [-0.25, -0.2) is 0 Å². The highest BCUT2D eigenvalue weighted by Crippen LogP contribution is 2.46. The van der Waals surface area contributed by atoms with Crippen LogP contribution in [0.1, 0.15) is 33.0 Å². The molecule has 1 fully saturated rings. The molecule has 16 heavy (non-hydrogen) atoms. The fourth-order valence-electron chi connectivity index (χ4n) is 1.57. The van der Waals surface area contributed by atoms with Gasteiger partial charge in [-0.1, -0.05) is 15.9 Å². The molecule has 1 aliphatic rings. The van der Waals surface area contributed by atoms with Crippen molar-refractivity contribution in [3.8, 4) is 0 Å². The fourth-order valence-corrected chi connectivity index (χ4v) is 3.28. The number of carbonyl (C=O) groups is 1. The summed E-state index contributed by atoms with van der Waals surface area (Å²) in [5.74, 6) is 0.0772. The Morgan fingerprint density at radius 1 is 1.56 bits per heavy atom. The molecule has 1 aromatic rings. The molecule has 1 heterocycles. The Hall–Kier alpha value is -0.350. The van der Waals surface area contributed by atoms with Crippen molar-refractivity contribution in [2.45, 2.75) is 26.7 Å². The number of carbonyl (C=O) groups excluding carboxylic acids is 1. The third-order valence-corrected chi connectivity index (χ3v) is 5.60. The van der Waals surface area contributed by atoms with Crippen LogP contribution in [0.2, 0.25) is 0 Å². The van der Waals surface area contributed by atoms with E-state index in [9.17, 15) is 4.79 Å². The van der Waals surface area contributed by atoms with Gasteiger partial charge in [0.25, 0.3) is 5.91 Å². The zero-order valence-corrected chi connectivity index (χ0v) is 12.0. The van der Waals surface area contributed by atoms with E-state index in [0.717, 1.165) is 16.8 Å². The summed E-state index contributed by atoms with van der Waals surface area (Å²) in [6.45, 7) is 4.90. The number of halogens is 1. The molecule has 1 aliphatic carbocycles. The summed E-state index contributed by atoms with van der Waals surface area (Å²) in [7, 11) is 0. The highest BCUT2D eigenvalue weighted by atomic mass is 79.9. The Morgan fingerprint density at radius 3 is 2.69 bits per heavy atom. The van der Waals surface area contributed by atoms with Crippen LogP contribution in [0.5, 0.6) is 0 Å². The van der Waals surface area contributed by atoms with Gasteiger partial charge in [0.1, 0.15) is 0 Å². The molecule has 0 bridgehead atoms. The van der Waals surface area contributed by atoms with Gasteiger partial charge in [0.15, 0.2) is 0 Å². The maximum absolute atomic E-state index is 11.9. The second-order valence-electron chi connectivity index (χ2n) is 4.67. The lowest BCUT2D eigenvalue weighted by Gasteiger charge is -2.11. The first-order valence-electron chi connectivity index (χ1n) is 5.47. The maximum Gasteiger partial charge on any atom is 0.261 e. The Balaban J connectivity index is 1.93. The van der Waals surface area contributed by atoms with Crippen LogP contribution in [0.3, 0.4) is 0 Å². The number of hydrogen-bond acceptors (Lipinski definition) is 2. The van der Waals surface area contributed by atoms with Crippen molar-refractivity contribution in [3.63, 3.8) is 0 Å². The standard InChI is InChI=1S/C12H16BrNOS/c1-8-5-10(16-9(8)2)11(15)14-7-12(6-13)3-4-12/h5H,3-4,6-7H2,1-2H3,(H,14,15). The molecule has 0 aromatic carbocycles. The number of aryl methyl sites for hydroxylation is 2. The predicted octanol–water partition coefficient (Wildman–Crippen LogP) is 3.27. The minimum atomic E-state index is 0.0772. The molecule has 2 rings (SSSR count). The van der Waals surface area contributed by atoms with Crippen LogP contribution < -0.4 is 5.32 Å². The van der Waals surface area contributed by atoms with Crippen LogP contribution in [-0.4, -0.2) is 17.8 Å². The van der Waals surface area contributed by atoms with Crippen molar-refractivity contribution in [1.82, 2.24) is 5.32 Å². The van der Waals surface area contributed by atoms with Crippen LogP contribution >= 0.6 is 27.3 Å². The molecule has 2 nitrogen and oxygen atoms in total. The minimum Gasteiger partial charge on any atom is -0.351 e. The van der Waals surface area contributed by atoms with Crippen LogP contribution in [0.15, 0.2) is 6.07 Å². The summed E-state index contributed by atoms with van der Waals surface area (Å²) < 4.78 is 0. The number of thiophene rings is 1. The Bertz CT molecular complexity index is 390. The van der Waals surface area contributed by atoms with Crippen LogP contribution in [-0.2, 0) is 0 Å². The number of hydrogen-bond donors (Lipinski definition) is 1. The zero-order chi connectivity index (χ0) is 11.8. The summed E-state index contributed by atoms with van der Waals surface area (Å²) >= 11 is 5.08. The predicted molar refractivity (Wildman–Crippen MR) is 71.6 cm³/mol. The first kappa shape index (κ1) is 12.1. The minimum absolute atomic E-state index is 0.0772. The lowest BCUT2D eigenvalue weighted by molar-refractivity contribution is 0.0950. The largest absolute Gasteiger partial charge is 0.351 e. The van der Waals surface area contributed by atoms with E-state index in [1.54, 1.807) is 11.3 Å². The number of nitrogens with one attached hydrogen (secondary N) is 1. The average Bonchev–Trinajstić information content (AvgIpc) is 2.98. The highest BCUT2D eigenvalue weighted by Gasteiger charge is 2.41. The lowest BCUT2D eigenvalue weighted by atomic mass is 10.1. The summed E-state index contributed by atoms with van der Waals surface area (Å²) in [6, 6.07) is 1.98. The topological polar surface area (TPSA) is 29.1 Å². The Kier molecular flexibility index (Phi) is 3.40. The molecule has 0 unspecified atom stereocenters. The van der Waals surface area contributed by atoms with Crippen molar-refractivity contribution in [2.24, 2.45) is 5.41 Å². The molecular weight excluding hydrogens is 286 g/mol. The maximum atomic E-state index is 11.9. The monoisotopic (exact) mass is 301 g/mol. The van der Waals surface area contributed by atoms with Crippen molar-refractivity contribution >= 4 is 33.2 Å². The third kappa shape index (κ3) is 2.48. The van der Waals surface area contributed by atoms with Crippen molar-refractivity contribution in [3.05, 3.63) is 21.4 Å². The fraction of sp³-hybridized carbons (Fsp3) is 0.583. The molecular formula is C12H16BrNOS. The van der Waals surface area contributed by atoms with Crippen molar-refractivity contribution in [1.29, 1.82) is 0 Å². The molecule has 4 heteroatoms. The SMILES string of the molecule is Cc1cc(C(=O)NCC2(CBr)CC2)sc1C. The highest BCUT2D eigenvalue weighted by molar-refractivity contribution is 9.09. The van der Waals surface area contributed by atoms with E-state index in [1.807, 2.05) is 13.0 Å². The van der Waals surface area contributed by atoms with Gasteiger partial charge in [0.05, 0.1) is 4.88 Å². The number of alkyl halides is 1. The van der Waals surface area contributed by atoms with E-state index in [0.29, 0.717) is 5.41 Å². The van der Waals surface area contributed by atoms with E-state index in [4.69, 9.17) is 0 Å². The molecule has 88 valence electrons. The van der Waals surface area contributed by atoms with Crippen molar-refractivity contribution < 1.29 is 4.79 Å². The number of amides is 1. The van der Waals surface area contributed by atoms with E-state index in [1.165, 1.54) is 23.3 Å². The van der Waals surface area contributed by atoms with E-state index in [-0.39, 0.29) is 5.91 Å². The third-order valence-electron chi connectivity index (χ3n) is 3.25. The lowest BCUT2D eigenvalue weighted by Crippen LogP contribution is -2.30. The van der Waals surface area contributed by atoms with Gasteiger partial charge in [-0.3, -0.25) is 4.79 Å².